The molecule has 0 aliphatic rings. The van der Waals surface area contributed by atoms with Gasteiger partial charge in [-0.3, -0.25) is 9.59 Å². The minimum Gasteiger partial charge on any atom is -0.481 e. The number of carboxylic acids is 1. The van der Waals surface area contributed by atoms with Crippen LogP contribution < -0.4 is 10.1 Å². The van der Waals surface area contributed by atoms with E-state index >= 15 is 0 Å². The molecule has 0 atom stereocenters. The summed E-state index contributed by atoms with van der Waals surface area (Å²) in [5, 5.41) is 10.9. The van der Waals surface area contributed by atoms with Crippen LogP contribution in [0.5, 0.6) is 11.5 Å². The van der Waals surface area contributed by atoms with Crippen LogP contribution in [0.15, 0.2) is 36.5 Å². The summed E-state index contributed by atoms with van der Waals surface area (Å²) in [4.78, 5) is 25.2. The molecule has 0 aliphatic carbocycles. The summed E-state index contributed by atoms with van der Waals surface area (Å²) in [5.74, 6) is -4.62. The summed E-state index contributed by atoms with van der Waals surface area (Å²) < 4.78 is 87.7. The highest BCUT2D eigenvalue weighted by Crippen LogP contribution is 2.47. The van der Waals surface area contributed by atoms with Gasteiger partial charge in [0, 0.05) is 22.8 Å². The number of anilines is 1. The number of alkyl halides is 6. The zero-order valence-electron chi connectivity index (χ0n) is 17.7. The summed E-state index contributed by atoms with van der Waals surface area (Å²) in [5.41, 5.74) is -3.03. The Kier molecular flexibility index (Phi) is 6.54. The number of aromatic nitrogens is 1. The number of nitrogens with one attached hydrogen (secondary N) is 2. The molecule has 0 aliphatic heterocycles. The lowest BCUT2D eigenvalue weighted by molar-refractivity contribution is -0.145. The van der Waals surface area contributed by atoms with Crippen molar-refractivity contribution in [1.82, 2.24) is 4.98 Å². The van der Waals surface area contributed by atoms with E-state index in [0.717, 1.165) is 5.56 Å². The lowest BCUT2D eigenvalue weighted by atomic mass is 10.0. The fraction of sp³-hybridized carbons (Fsp3) is 0.273. The number of carboxylic acid groups (broad SMARTS) is 1. The Balaban J connectivity index is 2.15. The van der Waals surface area contributed by atoms with Gasteiger partial charge in [0.15, 0.2) is 5.75 Å². The van der Waals surface area contributed by atoms with Crippen LogP contribution in [0.25, 0.3) is 10.9 Å². The largest absolute Gasteiger partial charge is 0.481 e. The second kappa shape index (κ2) is 8.92. The Morgan fingerprint density at radius 1 is 1.03 bits per heavy atom. The number of ether oxygens (including phenoxy) is 1. The Morgan fingerprint density at radius 3 is 2.12 bits per heavy atom. The first-order chi connectivity index (χ1) is 15.7. The molecular weight excluding hydrogens is 470 g/mol. The highest BCUT2D eigenvalue weighted by Gasteiger charge is 2.43. The van der Waals surface area contributed by atoms with E-state index in [1.807, 2.05) is 13.8 Å². The summed E-state index contributed by atoms with van der Waals surface area (Å²) in [7, 11) is 0. The van der Waals surface area contributed by atoms with E-state index in [0.29, 0.717) is 10.9 Å². The van der Waals surface area contributed by atoms with Gasteiger partial charge in [-0.1, -0.05) is 13.8 Å². The molecule has 1 amide bonds. The van der Waals surface area contributed by atoms with Crippen LogP contribution in [-0.2, 0) is 21.9 Å². The predicted molar refractivity (Wildman–Crippen MR) is 110 cm³/mol. The summed E-state index contributed by atoms with van der Waals surface area (Å²) >= 11 is 0. The molecule has 0 radical (unpaired) electrons. The van der Waals surface area contributed by atoms with Gasteiger partial charge in [-0.25, -0.2) is 0 Å². The number of H-pyrrole nitrogens is 1. The van der Waals surface area contributed by atoms with Crippen molar-refractivity contribution in [3.8, 4) is 11.5 Å². The number of benzene rings is 2. The van der Waals surface area contributed by atoms with E-state index in [-0.39, 0.29) is 23.8 Å². The van der Waals surface area contributed by atoms with E-state index in [9.17, 15) is 35.9 Å². The highest BCUT2D eigenvalue weighted by molar-refractivity contribution is 6.01. The van der Waals surface area contributed by atoms with Crippen molar-refractivity contribution in [3.05, 3.63) is 53.2 Å². The fourth-order valence-corrected chi connectivity index (χ4v) is 3.35. The average molecular weight is 488 g/mol. The van der Waals surface area contributed by atoms with Crippen molar-refractivity contribution in [2.75, 3.05) is 5.32 Å². The first-order valence-corrected chi connectivity index (χ1v) is 9.79. The van der Waals surface area contributed by atoms with Crippen molar-refractivity contribution in [1.29, 1.82) is 0 Å². The SMILES string of the molecule is CC(C)c1c[nH]c2ccc(Oc3c(C(F)(F)F)cc(NC(=O)CC(=O)O)cc3C(F)(F)F)cc12. The Labute approximate surface area is 188 Å². The first-order valence-electron chi connectivity index (χ1n) is 9.79. The maximum atomic E-state index is 13.8. The van der Waals surface area contributed by atoms with E-state index in [1.54, 1.807) is 11.5 Å². The van der Waals surface area contributed by atoms with Crippen LogP contribution >= 0.6 is 0 Å². The molecule has 0 bridgehead atoms. The Hall–Kier alpha value is -3.70. The molecule has 6 nitrogen and oxygen atoms in total. The monoisotopic (exact) mass is 488 g/mol. The van der Waals surface area contributed by atoms with Gasteiger partial charge in [-0.2, -0.15) is 26.3 Å². The summed E-state index contributed by atoms with van der Waals surface area (Å²) in [6.45, 7) is 3.74. The third-order valence-corrected chi connectivity index (χ3v) is 4.82. The lowest BCUT2D eigenvalue weighted by Crippen LogP contribution is -2.19. The van der Waals surface area contributed by atoms with Gasteiger partial charge in [0.25, 0.3) is 0 Å². The first kappa shape index (κ1) is 24.9. The van der Waals surface area contributed by atoms with Crippen LogP contribution in [0.3, 0.4) is 0 Å². The Morgan fingerprint density at radius 2 is 1.62 bits per heavy atom. The smallest absolute Gasteiger partial charge is 0.420 e. The second-order valence-corrected chi connectivity index (χ2v) is 7.72. The number of carbonyl (C=O) groups is 2. The van der Waals surface area contributed by atoms with E-state index in [4.69, 9.17) is 9.84 Å². The molecule has 1 aromatic heterocycles. The molecule has 1 heterocycles. The summed E-state index contributed by atoms with van der Waals surface area (Å²) in [6, 6.07) is 4.56. The average Bonchev–Trinajstić information content (AvgIpc) is 3.10. The van der Waals surface area contributed by atoms with Crippen molar-refractivity contribution in [2.45, 2.75) is 38.5 Å². The molecular formula is C22H18F6N2O4. The normalized spacial score (nSPS) is 12.3. The molecule has 3 N–H and O–H groups in total. The topological polar surface area (TPSA) is 91.4 Å². The number of fused-ring (bicyclic) bond motifs is 1. The van der Waals surface area contributed by atoms with Crippen LogP contribution in [-0.4, -0.2) is 22.0 Å². The number of aliphatic carboxylic acids is 1. The Bertz CT molecular complexity index is 1210. The molecule has 0 unspecified atom stereocenters. The zero-order valence-corrected chi connectivity index (χ0v) is 17.7. The quantitative estimate of drug-likeness (QED) is 0.272. The minimum absolute atomic E-state index is 0.0224. The number of hydrogen-bond acceptors (Lipinski definition) is 3. The molecule has 0 saturated heterocycles. The van der Waals surface area contributed by atoms with Crippen molar-refractivity contribution in [3.63, 3.8) is 0 Å². The third kappa shape index (κ3) is 5.43. The molecule has 0 fully saturated rings. The molecule has 12 heteroatoms. The van der Waals surface area contributed by atoms with Crippen LogP contribution in [0, 0.1) is 0 Å². The predicted octanol–water partition coefficient (Wildman–Crippen LogP) is 6.53. The highest BCUT2D eigenvalue weighted by atomic mass is 19.4. The second-order valence-electron chi connectivity index (χ2n) is 7.72. The van der Waals surface area contributed by atoms with E-state index in [1.165, 1.54) is 18.2 Å². The molecule has 34 heavy (non-hydrogen) atoms. The van der Waals surface area contributed by atoms with Gasteiger partial charge in [0.2, 0.25) is 5.91 Å². The van der Waals surface area contributed by atoms with E-state index in [2.05, 4.69) is 4.98 Å². The number of carbonyl (C=O) groups excluding carboxylic acids is 1. The number of aromatic amines is 1. The minimum atomic E-state index is -5.29. The molecule has 0 spiro atoms. The fourth-order valence-electron chi connectivity index (χ4n) is 3.35. The van der Waals surface area contributed by atoms with Gasteiger partial charge < -0.3 is 20.1 Å². The standard InChI is InChI=1S/C22H18F6N2O4/c1-10(2)14-9-29-17-4-3-12(7-13(14)17)34-20-15(21(23,24)25)5-11(6-16(20)22(26,27)28)30-18(31)8-19(32)33/h3-7,9-10,29H,8H2,1-2H3,(H,30,31)(H,32,33). The van der Waals surface area contributed by atoms with Gasteiger partial charge in [0.1, 0.15) is 23.3 Å². The van der Waals surface area contributed by atoms with Gasteiger partial charge in [-0.15, -0.1) is 0 Å². The number of rotatable bonds is 6. The lowest BCUT2D eigenvalue weighted by Gasteiger charge is -2.21. The van der Waals surface area contributed by atoms with Gasteiger partial charge in [-0.05, 0) is 41.8 Å². The molecule has 3 aromatic rings. The number of halogens is 6. The van der Waals surface area contributed by atoms with Gasteiger partial charge in [0.05, 0.1) is 0 Å². The summed E-state index contributed by atoms with van der Waals surface area (Å²) in [6.07, 6.45) is -10.0. The van der Waals surface area contributed by atoms with Crippen LogP contribution in [0.2, 0.25) is 0 Å². The molecule has 3 rings (SSSR count). The zero-order chi connectivity index (χ0) is 25.4. The number of amides is 1. The van der Waals surface area contributed by atoms with Crippen LogP contribution in [0.4, 0.5) is 32.0 Å². The third-order valence-electron chi connectivity index (χ3n) is 4.82. The number of hydrogen-bond donors (Lipinski definition) is 3. The molecule has 182 valence electrons. The van der Waals surface area contributed by atoms with Crippen molar-refractivity contribution in [2.24, 2.45) is 0 Å². The maximum absolute atomic E-state index is 13.8. The van der Waals surface area contributed by atoms with Crippen molar-refractivity contribution >= 4 is 28.5 Å². The maximum Gasteiger partial charge on any atom is 0.420 e. The van der Waals surface area contributed by atoms with Crippen molar-refractivity contribution < 1.29 is 45.8 Å². The molecule has 0 saturated carbocycles. The van der Waals surface area contributed by atoms with Crippen LogP contribution in [0.1, 0.15) is 42.9 Å². The van der Waals surface area contributed by atoms with E-state index < -0.39 is 53.2 Å². The van der Waals surface area contributed by atoms with Gasteiger partial charge >= 0.3 is 18.3 Å². The molecule has 2 aromatic carbocycles.